The maximum atomic E-state index is 12.3. The topological polar surface area (TPSA) is 54.0 Å². The summed E-state index contributed by atoms with van der Waals surface area (Å²) in [5.74, 6) is 1.50. The van der Waals surface area contributed by atoms with Gasteiger partial charge in [0.05, 0.1) is 6.54 Å². The van der Waals surface area contributed by atoms with Gasteiger partial charge in [0.2, 0.25) is 12.7 Å². The van der Waals surface area contributed by atoms with Gasteiger partial charge in [-0.15, -0.1) is 0 Å². The van der Waals surface area contributed by atoms with Gasteiger partial charge in [0, 0.05) is 32.9 Å². The number of fused-ring (bicyclic) bond motifs is 1. The molecule has 0 aromatic heterocycles. The zero-order chi connectivity index (χ0) is 19.2. The fourth-order valence-electron chi connectivity index (χ4n) is 2.95. The van der Waals surface area contributed by atoms with E-state index in [9.17, 15) is 4.79 Å². The summed E-state index contributed by atoms with van der Waals surface area (Å²) in [7, 11) is 4.05. The Morgan fingerprint density at radius 1 is 1.04 bits per heavy atom. The molecule has 1 N–H and O–H groups in total. The second-order valence-corrected chi connectivity index (χ2v) is 6.83. The van der Waals surface area contributed by atoms with Crippen LogP contribution in [0.1, 0.15) is 18.1 Å². The first-order valence-corrected chi connectivity index (χ1v) is 9.19. The molecule has 3 rings (SSSR count). The first-order chi connectivity index (χ1) is 13.0. The summed E-state index contributed by atoms with van der Waals surface area (Å²) in [6, 6.07) is 14.2. The van der Waals surface area contributed by atoms with Crippen LogP contribution in [0.15, 0.2) is 42.5 Å². The minimum atomic E-state index is 0.0134. The van der Waals surface area contributed by atoms with E-state index in [0.717, 1.165) is 30.2 Å². The molecule has 27 heavy (non-hydrogen) atoms. The van der Waals surface area contributed by atoms with E-state index in [0.29, 0.717) is 13.1 Å². The van der Waals surface area contributed by atoms with E-state index in [1.165, 1.54) is 11.3 Å². The normalized spacial score (nSPS) is 12.3. The van der Waals surface area contributed by atoms with Crippen molar-refractivity contribution in [2.24, 2.45) is 0 Å². The second kappa shape index (κ2) is 8.77. The number of anilines is 1. The lowest BCUT2D eigenvalue weighted by Gasteiger charge is -2.20. The quantitative estimate of drug-likeness (QED) is 0.775. The highest BCUT2D eigenvalue weighted by Gasteiger charge is 2.14. The molecule has 0 aliphatic carbocycles. The van der Waals surface area contributed by atoms with E-state index >= 15 is 0 Å². The van der Waals surface area contributed by atoms with Gasteiger partial charge in [-0.3, -0.25) is 9.69 Å². The van der Waals surface area contributed by atoms with Crippen molar-refractivity contribution in [2.75, 3.05) is 38.9 Å². The maximum Gasteiger partial charge on any atom is 0.234 e. The van der Waals surface area contributed by atoms with Crippen molar-refractivity contribution in [1.82, 2.24) is 10.2 Å². The Bertz CT molecular complexity index is 775. The van der Waals surface area contributed by atoms with Crippen molar-refractivity contribution in [3.63, 3.8) is 0 Å². The lowest BCUT2D eigenvalue weighted by Crippen LogP contribution is -2.36. The van der Waals surface area contributed by atoms with E-state index in [4.69, 9.17) is 9.47 Å². The number of nitrogens with zero attached hydrogens (tertiary/aromatic N) is 2. The highest BCUT2D eigenvalue weighted by molar-refractivity contribution is 5.78. The van der Waals surface area contributed by atoms with Gasteiger partial charge in [-0.2, -0.15) is 0 Å². The number of rotatable bonds is 8. The van der Waals surface area contributed by atoms with Gasteiger partial charge in [-0.05, 0) is 41.9 Å². The SMILES string of the molecule is CCN(CC(=O)NCc1ccc2c(c1)OCO2)Cc1ccc(N(C)C)cc1. The zero-order valence-corrected chi connectivity index (χ0v) is 16.2. The number of amides is 1. The summed E-state index contributed by atoms with van der Waals surface area (Å²) in [6.45, 7) is 4.74. The number of ether oxygens (including phenoxy) is 2. The Kier molecular flexibility index (Phi) is 6.19. The van der Waals surface area contributed by atoms with Crippen molar-refractivity contribution in [3.05, 3.63) is 53.6 Å². The monoisotopic (exact) mass is 369 g/mol. The Morgan fingerprint density at radius 2 is 1.74 bits per heavy atom. The smallest absolute Gasteiger partial charge is 0.234 e. The summed E-state index contributed by atoms with van der Waals surface area (Å²) in [5, 5.41) is 2.98. The Hall–Kier alpha value is -2.73. The molecule has 2 aromatic rings. The van der Waals surface area contributed by atoms with E-state index in [2.05, 4.69) is 46.3 Å². The van der Waals surface area contributed by atoms with Crippen LogP contribution >= 0.6 is 0 Å². The number of hydrogen-bond acceptors (Lipinski definition) is 5. The van der Waals surface area contributed by atoms with Gasteiger partial charge in [-0.25, -0.2) is 0 Å². The van der Waals surface area contributed by atoms with Crippen LogP contribution in [-0.4, -0.2) is 44.8 Å². The summed E-state index contributed by atoms with van der Waals surface area (Å²) >= 11 is 0. The molecular weight excluding hydrogens is 342 g/mol. The fourth-order valence-corrected chi connectivity index (χ4v) is 2.95. The third-order valence-electron chi connectivity index (χ3n) is 4.60. The van der Waals surface area contributed by atoms with Gasteiger partial charge in [0.25, 0.3) is 0 Å². The maximum absolute atomic E-state index is 12.3. The van der Waals surface area contributed by atoms with Crippen LogP contribution in [0.5, 0.6) is 11.5 Å². The zero-order valence-electron chi connectivity index (χ0n) is 16.2. The van der Waals surface area contributed by atoms with Crippen LogP contribution in [0.25, 0.3) is 0 Å². The Balaban J connectivity index is 1.49. The van der Waals surface area contributed by atoms with E-state index in [-0.39, 0.29) is 12.7 Å². The fraction of sp³-hybridized carbons (Fsp3) is 0.381. The van der Waals surface area contributed by atoms with Crippen molar-refractivity contribution >= 4 is 11.6 Å². The molecule has 1 aliphatic rings. The summed E-state index contributed by atoms with van der Waals surface area (Å²) < 4.78 is 10.7. The van der Waals surface area contributed by atoms with Gasteiger partial charge in [-0.1, -0.05) is 25.1 Å². The summed E-state index contributed by atoms with van der Waals surface area (Å²) in [5.41, 5.74) is 3.37. The molecule has 1 aliphatic heterocycles. The van der Waals surface area contributed by atoms with E-state index in [1.54, 1.807) is 0 Å². The van der Waals surface area contributed by atoms with Gasteiger partial charge >= 0.3 is 0 Å². The average molecular weight is 369 g/mol. The van der Waals surface area contributed by atoms with Crippen molar-refractivity contribution < 1.29 is 14.3 Å². The highest BCUT2D eigenvalue weighted by atomic mass is 16.7. The first kappa shape index (κ1) is 19.0. The molecule has 0 bridgehead atoms. The van der Waals surface area contributed by atoms with Crippen molar-refractivity contribution in [2.45, 2.75) is 20.0 Å². The average Bonchev–Trinajstić information content (AvgIpc) is 3.14. The Labute approximate surface area is 160 Å². The molecule has 0 spiro atoms. The van der Waals surface area contributed by atoms with Gasteiger partial charge < -0.3 is 19.7 Å². The molecule has 6 heteroatoms. The Morgan fingerprint density at radius 3 is 2.44 bits per heavy atom. The molecule has 0 radical (unpaired) electrons. The third-order valence-corrected chi connectivity index (χ3v) is 4.60. The molecule has 0 unspecified atom stereocenters. The number of nitrogens with one attached hydrogen (secondary N) is 1. The minimum Gasteiger partial charge on any atom is -0.454 e. The van der Waals surface area contributed by atoms with Crippen molar-refractivity contribution in [1.29, 1.82) is 0 Å². The molecular formula is C21H27N3O3. The molecule has 0 saturated carbocycles. The largest absolute Gasteiger partial charge is 0.454 e. The number of likely N-dealkylation sites (N-methyl/N-ethyl adjacent to an activating group) is 1. The lowest BCUT2D eigenvalue weighted by atomic mass is 10.2. The molecule has 0 saturated heterocycles. The molecule has 6 nitrogen and oxygen atoms in total. The molecule has 2 aromatic carbocycles. The van der Waals surface area contributed by atoms with E-state index in [1.807, 2.05) is 32.3 Å². The van der Waals surface area contributed by atoms with Crippen LogP contribution < -0.4 is 19.7 Å². The summed E-state index contributed by atoms with van der Waals surface area (Å²) in [4.78, 5) is 16.5. The number of benzene rings is 2. The number of carbonyl (C=O) groups is 1. The van der Waals surface area contributed by atoms with Crippen LogP contribution in [0.2, 0.25) is 0 Å². The minimum absolute atomic E-state index is 0.0134. The van der Waals surface area contributed by atoms with Crippen LogP contribution in [0.4, 0.5) is 5.69 Å². The van der Waals surface area contributed by atoms with E-state index < -0.39 is 0 Å². The second-order valence-electron chi connectivity index (χ2n) is 6.83. The molecule has 1 amide bonds. The third kappa shape index (κ3) is 5.14. The first-order valence-electron chi connectivity index (χ1n) is 9.19. The van der Waals surface area contributed by atoms with Crippen LogP contribution in [0.3, 0.4) is 0 Å². The molecule has 144 valence electrons. The number of carbonyl (C=O) groups excluding carboxylic acids is 1. The van der Waals surface area contributed by atoms with Crippen LogP contribution in [0, 0.1) is 0 Å². The summed E-state index contributed by atoms with van der Waals surface area (Å²) in [6.07, 6.45) is 0. The van der Waals surface area contributed by atoms with Crippen molar-refractivity contribution in [3.8, 4) is 11.5 Å². The molecule has 0 atom stereocenters. The van der Waals surface area contributed by atoms with Gasteiger partial charge in [0.1, 0.15) is 0 Å². The lowest BCUT2D eigenvalue weighted by molar-refractivity contribution is -0.122. The number of hydrogen-bond donors (Lipinski definition) is 1. The molecule has 0 fully saturated rings. The predicted molar refractivity (Wildman–Crippen MR) is 106 cm³/mol. The standard InChI is InChI=1S/C21H27N3O3/c1-4-24(13-16-5-8-18(9-6-16)23(2)3)14-21(25)22-12-17-7-10-19-20(11-17)27-15-26-19/h5-11H,4,12-15H2,1-3H3,(H,22,25). The predicted octanol–water partition coefficient (Wildman–Crippen LogP) is 2.62. The highest BCUT2D eigenvalue weighted by Crippen LogP contribution is 2.32. The van der Waals surface area contributed by atoms with Crippen LogP contribution in [-0.2, 0) is 17.9 Å². The van der Waals surface area contributed by atoms with Gasteiger partial charge in [0.15, 0.2) is 11.5 Å². The molecule has 1 heterocycles.